The van der Waals surface area contributed by atoms with Gasteiger partial charge in [-0.05, 0) is 40.4 Å². The largest absolute Gasteiger partial charge is 0.467 e. The first-order valence-corrected chi connectivity index (χ1v) is 10.9. The average Bonchev–Trinajstić information content (AvgIpc) is 2.60. The van der Waals surface area contributed by atoms with Gasteiger partial charge >= 0.3 is 0 Å². The van der Waals surface area contributed by atoms with E-state index in [1.54, 1.807) is 7.11 Å². The van der Waals surface area contributed by atoms with Gasteiger partial charge in [-0.2, -0.15) is 0 Å². The van der Waals surface area contributed by atoms with E-state index in [2.05, 4.69) is 83.3 Å². The van der Waals surface area contributed by atoms with E-state index < -0.39 is 0 Å². The van der Waals surface area contributed by atoms with Crippen molar-refractivity contribution in [3.63, 3.8) is 0 Å². The third kappa shape index (κ3) is 5.80. The Morgan fingerprint density at radius 2 is 1.61 bits per heavy atom. The molecule has 0 aliphatic rings. The van der Waals surface area contributed by atoms with Crippen LogP contribution >= 0.6 is 8.58 Å². The summed E-state index contributed by atoms with van der Waals surface area (Å²) in [7, 11) is 4.19. The summed E-state index contributed by atoms with van der Waals surface area (Å²) >= 11 is 0. The SMILES string of the molecule is CNCc1ccccc1Pc1cc(C(C)(C)C)cc(C(C)(C)C)c1OCOC. The first kappa shape index (κ1) is 22.9. The van der Waals surface area contributed by atoms with Gasteiger partial charge in [0, 0.05) is 24.5 Å². The van der Waals surface area contributed by atoms with Gasteiger partial charge in [0.15, 0.2) is 6.79 Å². The number of nitrogens with one attached hydrogen (secondary N) is 1. The van der Waals surface area contributed by atoms with E-state index >= 15 is 0 Å². The number of methoxy groups -OCH3 is 1. The summed E-state index contributed by atoms with van der Waals surface area (Å²) in [6.45, 7) is 14.7. The van der Waals surface area contributed by atoms with Crippen molar-refractivity contribution >= 4 is 19.2 Å². The zero-order chi connectivity index (χ0) is 20.9. The summed E-state index contributed by atoms with van der Waals surface area (Å²) < 4.78 is 11.4. The highest BCUT2D eigenvalue weighted by atomic mass is 31.1. The van der Waals surface area contributed by atoms with E-state index in [9.17, 15) is 0 Å². The van der Waals surface area contributed by atoms with Crippen LogP contribution in [0.15, 0.2) is 36.4 Å². The Hall–Kier alpha value is -1.41. The lowest BCUT2D eigenvalue weighted by atomic mass is 9.80. The minimum Gasteiger partial charge on any atom is -0.467 e. The maximum absolute atomic E-state index is 6.15. The van der Waals surface area contributed by atoms with Crippen LogP contribution in [-0.4, -0.2) is 21.0 Å². The minimum atomic E-state index is -0.0198. The topological polar surface area (TPSA) is 30.5 Å². The lowest BCUT2D eigenvalue weighted by Crippen LogP contribution is -2.24. The highest BCUT2D eigenvalue weighted by molar-refractivity contribution is 7.55. The highest BCUT2D eigenvalue weighted by Crippen LogP contribution is 2.37. The molecule has 0 amide bonds. The summed E-state index contributed by atoms with van der Waals surface area (Å²) in [5, 5.41) is 5.88. The minimum absolute atomic E-state index is 0.0198. The third-order valence-corrected chi connectivity index (χ3v) is 6.14. The van der Waals surface area contributed by atoms with Crippen LogP contribution in [0, 0.1) is 0 Å². The molecule has 0 aliphatic carbocycles. The number of benzene rings is 2. The van der Waals surface area contributed by atoms with Crippen LogP contribution in [0.3, 0.4) is 0 Å². The summed E-state index contributed by atoms with van der Waals surface area (Å²) in [6, 6.07) is 13.3. The van der Waals surface area contributed by atoms with Gasteiger partial charge in [-0.25, -0.2) is 0 Å². The molecule has 2 rings (SSSR count). The summed E-state index contributed by atoms with van der Waals surface area (Å²) in [5.41, 5.74) is 3.97. The number of hydrogen-bond donors (Lipinski definition) is 1. The van der Waals surface area contributed by atoms with E-state index in [-0.39, 0.29) is 17.6 Å². The number of rotatable bonds is 7. The molecule has 0 aromatic heterocycles. The summed E-state index contributed by atoms with van der Waals surface area (Å²) in [5.74, 6) is 0.972. The smallest absolute Gasteiger partial charge is 0.188 e. The molecule has 0 aliphatic heterocycles. The molecule has 0 bridgehead atoms. The molecule has 1 N–H and O–H groups in total. The molecule has 1 unspecified atom stereocenters. The Morgan fingerprint density at radius 1 is 0.929 bits per heavy atom. The number of hydrogen-bond acceptors (Lipinski definition) is 3. The lowest BCUT2D eigenvalue weighted by Gasteiger charge is -2.29. The van der Waals surface area contributed by atoms with Crippen molar-refractivity contribution < 1.29 is 9.47 Å². The monoisotopic (exact) mass is 401 g/mol. The summed E-state index contributed by atoms with van der Waals surface area (Å²) in [4.78, 5) is 0. The lowest BCUT2D eigenvalue weighted by molar-refractivity contribution is 0.0506. The highest BCUT2D eigenvalue weighted by Gasteiger charge is 2.26. The van der Waals surface area contributed by atoms with Gasteiger partial charge in [-0.15, -0.1) is 0 Å². The molecule has 28 heavy (non-hydrogen) atoms. The molecular weight excluding hydrogens is 365 g/mol. The molecule has 0 radical (unpaired) electrons. The standard InChI is InChI=1S/C24H36NO2P/c1-23(2,3)18-13-19(24(4,5)6)22(27-16-26-8)21(14-18)28-20-12-10-9-11-17(20)15-25-7/h9-14,25,28H,15-16H2,1-8H3. The van der Waals surface area contributed by atoms with Crippen molar-refractivity contribution in [2.24, 2.45) is 0 Å². The summed E-state index contributed by atoms with van der Waals surface area (Å²) in [6.07, 6.45) is 0. The van der Waals surface area contributed by atoms with Gasteiger partial charge in [-0.3, -0.25) is 0 Å². The van der Waals surface area contributed by atoms with Crippen molar-refractivity contribution in [1.82, 2.24) is 5.32 Å². The van der Waals surface area contributed by atoms with Gasteiger partial charge in [0.25, 0.3) is 0 Å². The average molecular weight is 402 g/mol. The van der Waals surface area contributed by atoms with Crippen molar-refractivity contribution in [2.75, 3.05) is 21.0 Å². The van der Waals surface area contributed by atoms with Gasteiger partial charge in [0.1, 0.15) is 5.75 Å². The van der Waals surface area contributed by atoms with Crippen molar-refractivity contribution in [3.05, 3.63) is 53.1 Å². The van der Waals surface area contributed by atoms with Crippen LogP contribution < -0.4 is 20.7 Å². The Bertz CT molecular complexity index is 788. The predicted octanol–water partition coefficient (Wildman–Crippen LogP) is 4.61. The van der Waals surface area contributed by atoms with Crippen molar-refractivity contribution in [2.45, 2.75) is 58.9 Å². The van der Waals surface area contributed by atoms with E-state index in [1.807, 2.05) is 7.05 Å². The third-order valence-electron chi connectivity index (χ3n) is 4.74. The molecule has 2 aromatic carbocycles. The first-order chi connectivity index (χ1) is 13.1. The van der Waals surface area contributed by atoms with Crippen molar-refractivity contribution in [3.8, 4) is 5.75 Å². The van der Waals surface area contributed by atoms with Crippen LogP contribution in [-0.2, 0) is 22.1 Å². The Kier molecular flexibility index (Phi) is 7.67. The molecule has 1 atom stereocenters. The number of ether oxygens (including phenoxy) is 2. The van der Waals surface area contributed by atoms with Crippen LogP contribution in [0.1, 0.15) is 58.2 Å². The predicted molar refractivity (Wildman–Crippen MR) is 123 cm³/mol. The molecule has 3 nitrogen and oxygen atoms in total. The molecule has 4 heteroatoms. The molecule has 0 saturated carbocycles. The van der Waals surface area contributed by atoms with Crippen LogP contribution in [0.4, 0.5) is 0 Å². The fourth-order valence-corrected chi connectivity index (χ4v) is 4.47. The van der Waals surface area contributed by atoms with E-state index in [0.29, 0.717) is 8.58 Å². The maximum Gasteiger partial charge on any atom is 0.188 e. The fourth-order valence-electron chi connectivity index (χ4n) is 3.12. The van der Waals surface area contributed by atoms with E-state index in [0.717, 1.165) is 12.3 Å². The fraction of sp³-hybridized carbons (Fsp3) is 0.500. The molecule has 0 spiro atoms. The second-order valence-corrected chi connectivity index (χ2v) is 10.6. The molecule has 154 valence electrons. The molecule has 0 heterocycles. The maximum atomic E-state index is 6.15. The molecule has 2 aromatic rings. The van der Waals surface area contributed by atoms with E-state index in [4.69, 9.17) is 9.47 Å². The van der Waals surface area contributed by atoms with Gasteiger partial charge in [0.2, 0.25) is 0 Å². The molecule has 0 saturated heterocycles. The van der Waals surface area contributed by atoms with Crippen LogP contribution in [0.25, 0.3) is 0 Å². The Labute approximate surface area is 173 Å². The molecular formula is C24H36NO2P. The van der Waals surface area contributed by atoms with Crippen molar-refractivity contribution in [1.29, 1.82) is 0 Å². The van der Waals surface area contributed by atoms with E-state index in [1.165, 1.54) is 27.3 Å². The zero-order valence-corrected chi connectivity index (χ0v) is 19.7. The van der Waals surface area contributed by atoms with Gasteiger partial charge in [-0.1, -0.05) is 80.5 Å². The second kappa shape index (κ2) is 9.39. The molecule has 0 fully saturated rings. The zero-order valence-electron chi connectivity index (χ0n) is 18.7. The second-order valence-electron chi connectivity index (χ2n) is 9.26. The Morgan fingerprint density at radius 3 is 2.18 bits per heavy atom. The van der Waals surface area contributed by atoms with Gasteiger partial charge in [0.05, 0.1) is 0 Å². The van der Waals surface area contributed by atoms with Crippen LogP contribution in [0.5, 0.6) is 5.75 Å². The van der Waals surface area contributed by atoms with Gasteiger partial charge < -0.3 is 14.8 Å². The normalized spacial score (nSPS) is 12.7. The Balaban J connectivity index is 2.65. The first-order valence-electron chi connectivity index (χ1n) is 9.88. The van der Waals surface area contributed by atoms with Crippen LogP contribution in [0.2, 0.25) is 0 Å². The quantitative estimate of drug-likeness (QED) is 0.543.